The van der Waals surface area contributed by atoms with Crippen LogP contribution in [0.15, 0.2) is 23.1 Å². The van der Waals surface area contributed by atoms with Crippen LogP contribution in [0.2, 0.25) is 5.02 Å². The van der Waals surface area contributed by atoms with E-state index in [4.69, 9.17) is 16.3 Å². The molecule has 0 amide bonds. The lowest BCUT2D eigenvalue weighted by molar-refractivity contribution is -0.144. The van der Waals surface area contributed by atoms with Crippen LogP contribution in [-0.4, -0.2) is 33.1 Å². The number of nitrogens with one attached hydrogen (secondary N) is 1. The molecule has 0 heterocycles. The number of sulfonamides is 1. The number of hydrogen-bond acceptors (Lipinski definition) is 4. The molecule has 1 fully saturated rings. The van der Waals surface area contributed by atoms with E-state index >= 15 is 0 Å². The van der Waals surface area contributed by atoms with E-state index in [1.807, 2.05) is 0 Å². The summed E-state index contributed by atoms with van der Waals surface area (Å²) in [5, 5.41) is 9.54. The zero-order valence-corrected chi connectivity index (χ0v) is 14.4. The summed E-state index contributed by atoms with van der Waals surface area (Å²) in [5.41, 5.74) is 0. The van der Waals surface area contributed by atoms with Gasteiger partial charge in [0.05, 0.1) is 13.0 Å². The largest absolute Gasteiger partial charge is 0.495 e. The lowest BCUT2D eigenvalue weighted by Crippen LogP contribution is -2.37. The summed E-state index contributed by atoms with van der Waals surface area (Å²) in [6.45, 7) is 0.0922. The minimum Gasteiger partial charge on any atom is -0.495 e. The third kappa shape index (κ3) is 4.37. The maximum Gasteiger partial charge on any atom is 0.306 e. The van der Waals surface area contributed by atoms with E-state index < -0.39 is 21.9 Å². The summed E-state index contributed by atoms with van der Waals surface area (Å²) in [4.78, 5) is 11.2. The Morgan fingerprint density at radius 1 is 1.39 bits per heavy atom. The van der Waals surface area contributed by atoms with Gasteiger partial charge >= 0.3 is 5.97 Å². The standard InChI is InChI=1S/C15H20ClNO5S/c1-22-13-7-6-11(16)8-14(13)23(20,21)17-9-10-4-2-3-5-12(10)15(18)19/h6-8,10,12,17H,2-5,9H2,1H3,(H,18,19)/t10-,12-/m0/s1. The number of carboxylic acid groups (broad SMARTS) is 1. The van der Waals surface area contributed by atoms with E-state index in [0.29, 0.717) is 12.8 Å². The van der Waals surface area contributed by atoms with Crippen LogP contribution in [0.4, 0.5) is 0 Å². The summed E-state index contributed by atoms with van der Waals surface area (Å²) in [6, 6.07) is 4.34. The van der Waals surface area contributed by atoms with Gasteiger partial charge in [-0.05, 0) is 37.0 Å². The van der Waals surface area contributed by atoms with Gasteiger partial charge in [0.25, 0.3) is 0 Å². The van der Waals surface area contributed by atoms with Crippen molar-refractivity contribution >= 4 is 27.6 Å². The molecule has 0 aromatic heterocycles. The number of aliphatic carboxylic acids is 1. The van der Waals surface area contributed by atoms with E-state index in [1.54, 1.807) is 6.07 Å². The molecule has 0 saturated heterocycles. The highest BCUT2D eigenvalue weighted by atomic mass is 35.5. The smallest absolute Gasteiger partial charge is 0.306 e. The average Bonchev–Trinajstić information content (AvgIpc) is 2.53. The van der Waals surface area contributed by atoms with Gasteiger partial charge in [0.2, 0.25) is 10.0 Å². The van der Waals surface area contributed by atoms with Crippen molar-refractivity contribution in [2.45, 2.75) is 30.6 Å². The second kappa shape index (κ2) is 7.51. The number of halogens is 1. The van der Waals surface area contributed by atoms with Gasteiger partial charge in [-0.1, -0.05) is 24.4 Å². The molecular weight excluding hydrogens is 342 g/mol. The van der Waals surface area contributed by atoms with Crippen molar-refractivity contribution in [3.05, 3.63) is 23.2 Å². The first kappa shape index (κ1) is 18.0. The predicted molar refractivity (Wildman–Crippen MR) is 86.3 cm³/mol. The van der Waals surface area contributed by atoms with Crippen molar-refractivity contribution in [2.75, 3.05) is 13.7 Å². The summed E-state index contributed by atoms with van der Waals surface area (Å²) in [7, 11) is -2.45. The van der Waals surface area contributed by atoms with Gasteiger partial charge in [-0.3, -0.25) is 4.79 Å². The number of benzene rings is 1. The normalized spacial score (nSPS) is 21.8. The van der Waals surface area contributed by atoms with Gasteiger partial charge in [0.1, 0.15) is 10.6 Å². The maximum absolute atomic E-state index is 12.5. The van der Waals surface area contributed by atoms with Gasteiger partial charge in [-0.15, -0.1) is 0 Å². The van der Waals surface area contributed by atoms with Crippen molar-refractivity contribution < 1.29 is 23.1 Å². The Morgan fingerprint density at radius 2 is 2.09 bits per heavy atom. The summed E-state index contributed by atoms with van der Waals surface area (Å²) in [6.07, 6.45) is 3.06. The van der Waals surface area contributed by atoms with Gasteiger partial charge in [-0.2, -0.15) is 0 Å². The zero-order chi connectivity index (χ0) is 17.0. The fourth-order valence-electron chi connectivity index (χ4n) is 2.93. The molecule has 1 saturated carbocycles. The van der Waals surface area contributed by atoms with E-state index in [0.717, 1.165) is 12.8 Å². The highest BCUT2D eigenvalue weighted by Gasteiger charge is 2.32. The second-order valence-corrected chi connectivity index (χ2v) is 7.81. The van der Waals surface area contributed by atoms with Crippen molar-refractivity contribution in [1.82, 2.24) is 4.72 Å². The molecule has 2 atom stereocenters. The Hall–Kier alpha value is -1.31. The Balaban J connectivity index is 2.15. The molecular formula is C15H20ClNO5S. The SMILES string of the molecule is COc1ccc(Cl)cc1S(=O)(=O)NC[C@@H]1CCCC[C@@H]1C(=O)O. The van der Waals surface area contributed by atoms with Crippen LogP contribution >= 0.6 is 11.6 Å². The minimum absolute atomic E-state index is 0.0461. The number of carbonyl (C=O) groups is 1. The maximum atomic E-state index is 12.5. The molecule has 0 radical (unpaired) electrons. The molecule has 1 aliphatic carbocycles. The first-order valence-electron chi connectivity index (χ1n) is 7.41. The quantitative estimate of drug-likeness (QED) is 0.812. The molecule has 1 aromatic carbocycles. The fourth-order valence-corrected chi connectivity index (χ4v) is 4.46. The summed E-state index contributed by atoms with van der Waals surface area (Å²) in [5.74, 6) is -1.39. The highest BCUT2D eigenvalue weighted by Crippen LogP contribution is 2.31. The summed E-state index contributed by atoms with van der Waals surface area (Å²) < 4.78 is 32.5. The molecule has 0 spiro atoms. The van der Waals surface area contributed by atoms with Gasteiger partial charge in [0, 0.05) is 11.6 Å². The molecule has 0 bridgehead atoms. The third-order valence-electron chi connectivity index (χ3n) is 4.18. The second-order valence-electron chi connectivity index (χ2n) is 5.64. The number of carboxylic acids is 1. The van der Waals surface area contributed by atoms with E-state index in [-0.39, 0.29) is 28.1 Å². The van der Waals surface area contributed by atoms with Crippen LogP contribution in [-0.2, 0) is 14.8 Å². The number of methoxy groups -OCH3 is 1. The van der Waals surface area contributed by atoms with Crippen molar-refractivity contribution in [2.24, 2.45) is 11.8 Å². The number of ether oxygens (including phenoxy) is 1. The van der Waals surface area contributed by atoms with Crippen molar-refractivity contribution in [1.29, 1.82) is 0 Å². The fraction of sp³-hybridized carbons (Fsp3) is 0.533. The van der Waals surface area contributed by atoms with Crippen LogP contribution < -0.4 is 9.46 Å². The van der Waals surface area contributed by atoms with Crippen molar-refractivity contribution in [3.8, 4) is 5.75 Å². The molecule has 8 heteroatoms. The summed E-state index contributed by atoms with van der Waals surface area (Å²) >= 11 is 5.87. The molecule has 2 rings (SSSR count). The molecule has 1 aliphatic rings. The lowest BCUT2D eigenvalue weighted by atomic mass is 9.79. The van der Waals surface area contributed by atoms with E-state index in [2.05, 4.69) is 4.72 Å². The predicted octanol–water partition coefficient (Wildman–Crippen LogP) is 2.52. The lowest BCUT2D eigenvalue weighted by Gasteiger charge is -2.28. The van der Waals surface area contributed by atoms with Crippen LogP contribution in [0.3, 0.4) is 0 Å². The molecule has 128 valence electrons. The van der Waals surface area contributed by atoms with E-state index in [9.17, 15) is 18.3 Å². The van der Waals surface area contributed by atoms with Gasteiger partial charge < -0.3 is 9.84 Å². The molecule has 23 heavy (non-hydrogen) atoms. The third-order valence-corrected chi connectivity index (χ3v) is 5.86. The average molecular weight is 362 g/mol. The molecule has 1 aromatic rings. The first-order valence-corrected chi connectivity index (χ1v) is 9.27. The van der Waals surface area contributed by atoms with E-state index in [1.165, 1.54) is 19.2 Å². The van der Waals surface area contributed by atoms with Crippen LogP contribution in [0.25, 0.3) is 0 Å². The Bertz CT molecular complexity index is 676. The molecule has 6 nitrogen and oxygen atoms in total. The zero-order valence-electron chi connectivity index (χ0n) is 12.8. The Morgan fingerprint density at radius 3 is 2.74 bits per heavy atom. The van der Waals surface area contributed by atoms with Gasteiger partial charge in [0.15, 0.2) is 0 Å². The molecule has 2 N–H and O–H groups in total. The monoisotopic (exact) mass is 361 g/mol. The Kier molecular flexibility index (Phi) is 5.89. The number of rotatable bonds is 6. The highest BCUT2D eigenvalue weighted by molar-refractivity contribution is 7.89. The Labute approximate surface area is 140 Å². The molecule has 0 aliphatic heterocycles. The first-order chi connectivity index (χ1) is 10.8. The number of hydrogen-bond donors (Lipinski definition) is 2. The van der Waals surface area contributed by atoms with Crippen molar-refractivity contribution in [3.63, 3.8) is 0 Å². The van der Waals surface area contributed by atoms with Crippen LogP contribution in [0.1, 0.15) is 25.7 Å². The molecule has 0 unspecified atom stereocenters. The van der Waals surface area contributed by atoms with Crippen LogP contribution in [0.5, 0.6) is 5.75 Å². The minimum atomic E-state index is -3.83. The van der Waals surface area contributed by atoms with Crippen LogP contribution in [0, 0.1) is 11.8 Å². The van der Waals surface area contributed by atoms with Gasteiger partial charge in [-0.25, -0.2) is 13.1 Å². The topological polar surface area (TPSA) is 92.7 Å².